The van der Waals surface area contributed by atoms with E-state index in [1.807, 2.05) is 6.07 Å². The van der Waals surface area contributed by atoms with Gasteiger partial charge in [0.05, 0.1) is 11.1 Å². The zero-order chi connectivity index (χ0) is 10.5. The molecule has 0 radical (unpaired) electrons. The largest absolute Gasteiger partial charge is 0.492 e. The number of pyridine rings is 1. The molecule has 1 aliphatic rings. The maximum Gasteiger partial charge on any atom is 0.136 e. The highest BCUT2D eigenvalue weighted by molar-refractivity contribution is 9.10. The summed E-state index contributed by atoms with van der Waals surface area (Å²) < 4.78 is 6.73. The lowest BCUT2D eigenvalue weighted by molar-refractivity contribution is 0.207. The molecule has 1 aromatic rings. The molecule has 3 heteroatoms. The van der Waals surface area contributed by atoms with E-state index in [2.05, 4.69) is 20.9 Å². The molecule has 82 valence electrons. The molecule has 15 heavy (non-hydrogen) atoms. The van der Waals surface area contributed by atoms with Crippen molar-refractivity contribution in [3.63, 3.8) is 0 Å². The number of ether oxygens (including phenoxy) is 1. The monoisotopic (exact) mass is 269 g/mol. The first-order chi connectivity index (χ1) is 7.36. The van der Waals surface area contributed by atoms with Crippen LogP contribution in [0.2, 0.25) is 0 Å². The van der Waals surface area contributed by atoms with Crippen molar-refractivity contribution in [1.29, 1.82) is 0 Å². The van der Waals surface area contributed by atoms with Crippen molar-refractivity contribution in [2.45, 2.75) is 32.1 Å². The average Bonchev–Trinajstić information content (AvgIpc) is 2.29. The molecule has 0 amide bonds. The van der Waals surface area contributed by atoms with Gasteiger partial charge in [-0.2, -0.15) is 0 Å². The molecule has 2 nitrogen and oxygen atoms in total. The van der Waals surface area contributed by atoms with Gasteiger partial charge in [0.1, 0.15) is 5.75 Å². The lowest BCUT2D eigenvalue weighted by Gasteiger charge is -2.21. The highest BCUT2D eigenvalue weighted by Crippen LogP contribution is 2.27. The molecule has 1 aromatic heterocycles. The van der Waals surface area contributed by atoms with E-state index in [9.17, 15) is 0 Å². The maximum atomic E-state index is 5.79. The Balaban J connectivity index is 1.84. The number of rotatable bonds is 3. The van der Waals surface area contributed by atoms with Crippen LogP contribution in [-0.2, 0) is 0 Å². The van der Waals surface area contributed by atoms with Crippen molar-refractivity contribution in [3.05, 3.63) is 22.9 Å². The molecule has 0 aliphatic heterocycles. The minimum absolute atomic E-state index is 0.749. The van der Waals surface area contributed by atoms with Crippen molar-refractivity contribution >= 4 is 15.9 Å². The van der Waals surface area contributed by atoms with Crippen LogP contribution in [-0.4, -0.2) is 11.6 Å². The van der Waals surface area contributed by atoms with Gasteiger partial charge in [0.15, 0.2) is 0 Å². The van der Waals surface area contributed by atoms with Crippen molar-refractivity contribution in [1.82, 2.24) is 4.98 Å². The summed E-state index contributed by atoms with van der Waals surface area (Å²) in [6, 6.07) is 1.91. The fourth-order valence-electron chi connectivity index (χ4n) is 2.04. The van der Waals surface area contributed by atoms with Crippen molar-refractivity contribution in [2.75, 3.05) is 6.61 Å². The molecular formula is C12H16BrNO. The predicted molar refractivity (Wildman–Crippen MR) is 64.0 cm³/mol. The second-order valence-electron chi connectivity index (χ2n) is 4.12. The van der Waals surface area contributed by atoms with E-state index in [-0.39, 0.29) is 0 Å². The lowest BCUT2D eigenvalue weighted by atomic mass is 9.90. The third-order valence-corrected chi connectivity index (χ3v) is 3.53. The topological polar surface area (TPSA) is 22.1 Å². The van der Waals surface area contributed by atoms with Crippen LogP contribution in [0, 0.1) is 5.92 Å². The van der Waals surface area contributed by atoms with Crippen LogP contribution >= 0.6 is 15.9 Å². The number of nitrogens with zero attached hydrogens (tertiary/aromatic N) is 1. The lowest BCUT2D eigenvalue weighted by Crippen LogP contribution is -2.15. The van der Waals surface area contributed by atoms with Gasteiger partial charge in [-0.15, -0.1) is 0 Å². The Labute approximate surface area is 99.2 Å². The third kappa shape index (κ3) is 3.20. The van der Waals surface area contributed by atoms with Crippen LogP contribution in [0.1, 0.15) is 32.1 Å². The summed E-state index contributed by atoms with van der Waals surface area (Å²) in [5.41, 5.74) is 0. The van der Waals surface area contributed by atoms with Crippen molar-refractivity contribution in [3.8, 4) is 5.75 Å². The Kier molecular flexibility index (Phi) is 4.01. The van der Waals surface area contributed by atoms with Gasteiger partial charge in [-0.3, -0.25) is 4.98 Å². The Bertz CT molecular complexity index is 310. The van der Waals surface area contributed by atoms with Crippen LogP contribution in [0.25, 0.3) is 0 Å². The first-order valence-electron chi connectivity index (χ1n) is 5.58. The third-order valence-electron chi connectivity index (χ3n) is 2.93. The minimum atomic E-state index is 0.749. The van der Waals surface area contributed by atoms with E-state index < -0.39 is 0 Å². The maximum absolute atomic E-state index is 5.79. The zero-order valence-corrected chi connectivity index (χ0v) is 10.4. The average molecular weight is 270 g/mol. The zero-order valence-electron chi connectivity index (χ0n) is 8.79. The summed E-state index contributed by atoms with van der Waals surface area (Å²) >= 11 is 3.43. The molecule has 0 saturated heterocycles. The molecule has 0 aromatic carbocycles. The van der Waals surface area contributed by atoms with Gasteiger partial charge in [-0.1, -0.05) is 19.3 Å². The highest BCUT2D eigenvalue weighted by Gasteiger charge is 2.14. The van der Waals surface area contributed by atoms with Crippen molar-refractivity contribution < 1.29 is 4.74 Å². The Morgan fingerprint density at radius 1 is 1.33 bits per heavy atom. The van der Waals surface area contributed by atoms with Gasteiger partial charge in [-0.25, -0.2) is 0 Å². The van der Waals surface area contributed by atoms with Crippen LogP contribution in [0.15, 0.2) is 22.9 Å². The summed E-state index contributed by atoms with van der Waals surface area (Å²) in [7, 11) is 0. The van der Waals surface area contributed by atoms with Crippen molar-refractivity contribution in [2.24, 2.45) is 5.92 Å². The van der Waals surface area contributed by atoms with Crippen LogP contribution in [0.5, 0.6) is 5.75 Å². The van der Waals surface area contributed by atoms with Gasteiger partial charge < -0.3 is 4.74 Å². The molecule has 0 spiro atoms. The van der Waals surface area contributed by atoms with Crippen LogP contribution < -0.4 is 4.74 Å². The minimum Gasteiger partial charge on any atom is -0.492 e. The molecule has 1 fully saturated rings. The number of hydrogen-bond acceptors (Lipinski definition) is 2. The number of halogens is 1. The van der Waals surface area contributed by atoms with Gasteiger partial charge in [0.2, 0.25) is 0 Å². The summed E-state index contributed by atoms with van der Waals surface area (Å²) in [6.45, 7) is 0.850. The normalized spacial score (nSPS) is 17.7. The highest BCUT2D eigenvalue weighted by atomic mass is 79.9. The molecule has 2 rings (SSSR count). The number of hydrogen-bond donors (Lipinski definition) is 0. The van der Waals surface area contributed by atoms with E-state index in [0.717, 1.165) is 22.7 Å². The second-order valence-corrected chi connectivity index (χ2v) is 4.98. The predicted octanol–water partition coefficient (Wildman–Crippen LogP) is 3.80. The summed E-state index contributed by atoms with van der Waals surface area (Å²) in [5, 5.41) is 0. The summed E-state index contributed by atoms with van der Waals surface area (Å²) in [4.78, 5) is 4.01. The Hall–Kier alpha value is -0.570. The fourth-order valence-corrected chi connectivity index (χ4v) is 2.41. The fraction of sp³-hybridized carbons (Fsp3) is 0.583. The first kappa shape index (κ1) is 10.9. The second kappa shape index (κ2) is 5.50. The summed E-state index contributed by atoms with van der Waals surface area (Å²) in [6.07, 6.45) is 10.3. The van der Waals surface area contributed by atoms with Crippen LogP contribution in [0.4, 0.5) is 0 Å². The Morgan fingerprint density at radius 3 is 2.87 bits per heavy atom. The van der Waals surface area contributed by atoms with Gasteiger partial charge in [-0.05, 0) is 40.8 Å². The van der Waals surface area contributed by atoms with E-state index in [0.29, 0.717) is 0 Å². The smallest absolute Gasteiger partial charge is 0.136 e. The standard InChI is InChI=1S/C12H16BrNO/c13-11-8-14-7-6-12(11)15-9-10-4-2-1-3-5-10/h6-8,10H,1-5,9H2. The van der Waals surface area contributed by atoms with E-state index in [1.165, 1.54) is 32.1 Å². The van der Waals surface area contributed by atoms with Crippen LogP contribution in [0.3, 0.4) is 0 Å². The van der Waals surface area contributed by atoms with Gasteiger partial charge >= 0.3 is 0 Å². The SMILES string of the molecule is Brc1cnccc1OCC1CCCCC1. The molecule has 0 unspecified atom stereocenters. The van der Waals surface area contributed by atoms with Gasteiger partial charge in [0.25, 0.3) is 0 Å². The molecule has 1 aliphatic carbocycles. The van der Waals surface area contributed by atoms with E-state index in [4.69, 9.17) is 4.74 Å². The number of aromatic nitrogens is 1. The van der Waals surface area contributed by atoms with E-state index >= 15 is 0 Å². The molecular weight excluding hydrogens is 254 g/mol. The molecule has 0 N–H and O–H groups in total. The molecule has 0 bridgehead atoms. The molecule has 1 heterocycles. The molecule has 0 atom stereocenters. The quantitative estimate of drug-likeness (QED) is 0.833. The molecule has 1 saturated carbocycles. The summed E-state index contributed by atoms with van der Waals surface area (Å²) in [5.74, 6) is 1.66. The Morgan fingerprint density at radius 2 is 2.13 bits per heavy atom. The van der Waals surface area contributed by atoms with Gasteiger partial charge in [0, 0.05) is 12.4 Å². The van der Waals surface area contributed by atoms with E-state index in [1.54, 1.807) is 12.4 Å². The first-order valence-corrected chi connectivity index (χ1v) is 6.38.